The molecule has 4 heterocycles. The van der Waals surface area contributed by atoms with Gasteiger partial charge in [-0.25, -0.2) is 4.79 Å². The van der Waals surface area contributed by atoms with Gasteiger partial charge in [-0.1, -0.05) is 37.3 Å². The molecule has 1 saturated carbocycles. The second-order valence-corrected chi connectivity index (χ2v) is 14.7. The normalized spacial score (nSPS) is 46.5. The van der Waals surface area contributed by atoms with Crippen molar-refractivity contribution in [3.63, 3.8) is 0 Å². The van der Waals surface area contributed by atoms with E-state index in [0.29, 0.717) is 0 Å². The van der Waals surface area contributed by atoms with Gasteiger partial charge in [0.05, 0.1) is 37.4 Å². The number of benzene rings is 1. The van der Waals surface area contributed by atoms with Gasteiger partial charge in [0.2, 0.25) is 12.1 Å². The maximum Gasteiger partial charge on any atom is 0.331 e. The molecular weight excluding hydrogens is 688 g/mol. The van der Waals surface area contributed by atoms with Crippen LogP contribution in [-0.2, 0) is 42.7 Å². The molecule has 1 aromatic rings. The molecule has 0 aromatic heterocycles. The zero-order valence-corrected chi connectivity index (χ0v) is 29.2. The number of rotatable bonds is 8. The van der Waals surface area contributed by atoms with Crippen molar-refractivity contribution in [2.75, 3.05) is 13.2 Å². The lowest BCUT2D eigenvalue weighted by Gasteiger charge is -2.47. The third-order valence-electron chi connectivity index (χ3n) is 11.3. The number of aliphatic hydroxyl groups excluding tert-OH is 6. The van der Waals surface area contributed by atoms with E-state index in [1.165, 1.54) is 19.9 Å². The summed E-state index contributed by atoms with van der Waals surface area (Å²) < 4.78 is 41.0. The molecule has 7 N–H and O–H groups in total. The van der Waals surface area contributed by atoms with E-state index in [2.05, 4.69) is 0 Å². The Morgan fingerprint density at radius 3 is 2.25 bits per heavy atom. The van der Waals surface area contributed by atoms with Crippen LogP contribution >= 0.6 is 0 Å². The Hall–Kier alpha value is -2.58. The molecule has 4 saturated heterocycles. The van der Waals surface area contributed by atoms with Crippen LogP contribution in [0.2, 0.25) is 0 Å². The van der Waals surface area contributed by atoms with E-state index in [9.17, 15) is 45.3 Å². The standard InChI is InChI=1S/C36H50O16/c1-17-15-46-36(14-24(17)49-25(38)12-9-20-7-5-4-6-8-20)35(45,16-37)22-11-10-21(13-23(22)52-36)32(44)51-34-31(29(42)27(40)19(3)48-34)50-33-30(43)28(41)26(39)18(2)47-33/h4-9,12,17-19,21-24,26-31,33-34,37,39-43,45H,10-11,13-16H2,1-3H3/b12-9+. The van der Waals surface area contributed by atoms with Crippen LogP contribution in [0.1, 0.15) is 52.0 Å². The maximum atomic E-state index is 13.7. The van der Waals surface area contributed by atoms with E-state index in [-0.39, 0.29) is 38.2 Å². The molecule has 1 aliphatic carbocycles. The molecule has 0 radical (unpaired) electrons. The van der Waals surface area contributed by atoms with Gasteiger partial charge in [0, 0.05) is 24.3 Å². The minimum Gasteiger partial charge on any atom is -0.459 e. The monoisotopic (exact) mass is 738 g/mol. The predicted octanol–water partition coefficient (Wildman–Crippen LogP) is -0.875. The summed E-state index contributed by atoms with van der Waals surface area (Å²) in [4.78, 5) is 26.5. The highest BCUT2D eigenvalue weighted by molar-refractivity contribution is 5.87. The third-order valence-corrected chi connectivity index (χ3v) is 11.3. The fraction of sp³-hybridized carbons (Fsp3) is 0.722. The van der Waals surface area contributed by atoms with E-state index >= 15 is 0 Å². The molecule has 5 fully saturated rings. The lowest BCUT2D eigenvalue weighted by Crippen LogP contribution is -2.63. The summed E-state index contributed by atoms with van der Waals surface area (Å²) in [5.74, 6) is -4.76. The first-order chi connectivity index (χ1) is 24.7. The average Bonchev–Trinajstić information content (AvgIpc) is 3.37. The Balaban J connectivity index is 1.12. The topological polar surface area (TPSA) is 240 Å². The number of carbonyl (C=O) groups excluding carboxylic acids is 2. The minimum absolute atomic E-state index is 0.0573. The Kier molecular flexibility index (Phi) is 11.8. The van der Waals surface area contributed by atoms with Crippen LogP contribution < -0.4 is 0 Å². The van der Waals surface area contributed by atoms with Crippen LogP contribution in [0.3, 0.4) is 0 Å². The number of hydrogen-bond donors (Lipinski definition) is 7. The average molecular weight is 739 g/mol. The Morgan fingerprint density at radius 2 is 1.56 bits per heavy atom. The van der Waals surface area contributed by atoms with Gasteiger partial charge in [0.25, 0.3) is 0 Å². The van der Waals surface area contributed by atoms with Gasteiger partial charge < -0.3 is 68.9 Å². The van der Waals surface area contributed by atoms with Gasteiger partial charge in [-0.3, -0.25) is 4.79 Å². The van der Waals surface area contributed by atoms with E-state index in [1.807, 2.05) is 37.3 Å². The maximum absolute atomic E-state index is 13.7. The second kappa shape index (κ2) is 15.6. The SMILES string of the molecule is CC1COC2(CC1OC(=O)/C=C/c1ccccc1)OC1CC(C(=O)OC3OC(C)C(O)C(O)C3OC3OC(C)C(O)C(O)C3O)CCC1C2(O)CO. The van der Waals surface area contributed by atoms with E-state index in [4.69, 9.17) is 33.2 Å². The van der Waals surface area contributed by atoms with Crippen molar-refractivity contribution in [2.45, 2.75) is 131 Å². The number of esters is 2. The van der Waals surface area contributed by atoms with Crippen LogP contribution in [0, 0.1) is 17.8 Å². The first kappa shape index (κ1) is 39.1. The predicted molar refractivity (Wildman–Crippen MR) is 175 cm³/mol. The fourth-order valence-corrected chi connectivity index (χ4v) is 7.98. The van der Waals surface area contributed by atoms with E-state index in [1.54, 1.807) is 6.08 Å². The second-order valence-electron chi connectivity index (χ2n) is 14.7. The fourth-order valence-electron chi connectivity index (χ4n) is 7.98. The Labute approximate surface area is 300 Å². The van der Waals surface area contributed by atoms with Gasteiger partial charge in [0.1, 0.15) is 42.2 Å². The van der Waals surface area contributed by atoms with Crippen LogP contribution in [0.4, 0.5) is 0 Å². The Bertz CT molecular complexity index is 1430. The third kappa shape index (κ3) is 7.41. The molecule has 1 aromatic carbocycles. The van der Waals surface area contributed by atoms with Gasteiger partial charge in [-0.2, -0.15) is 0 Å². The highest BCUT2D eigenvalue weighted by Crippen LogP contribution is 2.55. The van der Waals surface area contributed by atoms with Crippen molar-refractivity contribution in [1.29, 1.82) is 0 Å². The lowest BCUT2D eigenvalue weighted by atomic mass is 9.70. The highest BCUT2D eigenvalue weighted by atomic mass is 16.8. The lowest BCUT2D eigenvalue weighted by molar-refractivity contribution is -0.357. The quantitative estimate of drug-likeness (QED) is 0.127. The number of ether oxygens (including phenoxy) is 7. The van der Waals surface area contributed by atoms with Crippen LogP contribution in [0.15, 0.2) is 36.4 Å². The van der Waals surface area contributed by atoms with Crippen molar-refractivity contribution in [3.05, 3.63) is 42.0 Å². The number of aliphatic hydroxyl groups is 7. The van der Waals surface area contributed by atoms with Crippen LogP contribution in [0.5, 0.6) is 0 Å². The molecule has 0 bridgehead atoms. The molecule has 16 nitrogen and oxygen atoms in total. The first-order valence-corrected chi connectivity index (χ1v) is 17.8. The Morgan fingerprint density at radius 1 is 0.885 bits per heavy atom. The van der Waals surface area contributed by atoms with Crippen LogP contribution in [0.25, 0.3) is 6.08 Å². The molecule has 6 rings (SSSR count). The summed E-state index contributed by atoms with van der Waals surface area (Å²) in [5.41, 5.74) is -1.07. The zero-order valence-electron chi connectivity index (χ0n) is 29.2. The number of hydrogen-bond acceptors (Lipinski definition) is 16. The van der Waals surface area contributed by atoms with Crippen molar-refractivity contribution in [2.24, 2.45) is 17.8 Å². The smallest absolute Gasteiger partial charge is 0.331 e. The van der Waals surface area contributed by atoms with Gasteiger partial charge in [-0.15, -0.1) is 0 Å². The summed E-state index contributed by atoms with van der Waals surface area (Å²) in [6.45, 7) is 4.10. The van der Waals surface area contributed by atoms with Gasteiger partial charge in [-0.05, 0) is 44.7 Å². The molecule has 290 valence electrons. The molecule has 5 aliphatic rings. The van der Waals surface area contributed by atoms with Crippen molar-refractivity contribution >= 4 is 18.0 Å². The van der Waals surface area contributed by atoms with Crippen molar-refractivity contribution in [3.8, 4) is 0 Å². The molecule has 16 heteroatoms. The molecule has 0 amide bonds. The molecule has 17 unspecified atom stereocenters. The van der Waals surface area contributed by atoms with E-state index in [0.717, 1.165) is 5.56 Å². The van der Waals surface area contributed by atoms with Crippen molar-refractivity contribution < 1.29 is 78.5 Å². The zero-order chi connectivity index (χ0) is 37.5. The van der Waals surface area contributed by atoms with Gasteiger partial charge >= 0.3 is 11.9 Å². The molecule has 52 heavy (non-hydrogen) atoms. The van der Waals surface area contributed by atoms with Crippen LogP contribution in [-0.4, -0.2) is 146 Å². The summed E-state index contributed by atoms with van der Waals surface area (Å²) in [6, 6.07) is 9.23. The largest absolute Gasteiger partial charge is 0.459 e. The summed E-state index contributed by atoms with van der Waals surface area (Å²) in [6.07, 6.45) is -12.7. The van der Waals surface area contributed by atoms with E-state index < -0.39 is 115 Å². The van der Waals surface area contributed by atoms with Gasteiger partial charge in [0.15, 0.2) is 12.4 Å². The summed E-state index contributed by atoms with van der Waals surface area (Å²) in [7, 11) is 0. The van der Waals surface area contributed by atoms with Crippen molar-refractivity contribution in [1.82, 2.24) is 0 Å². The number of fused-ring (bicyclic) bond motifs is 1. The molecular formula is C36H50O16. The molecule has 17 atom stereocenters. The summed E-state index contributed by atoms with van der Waals surface area (Å²) in [5, 5.41) is 74.7. The minimum atomic E-state index is -1.88. The molecule has 1 spiro atoms. The summed E-state index contributed by atoms with van der Waals surface area (Å²) >= 11 is 0. The molecule has 4 aliphatic heterocycles. The number of carbonyl (C=O) groups is 2. The first-order valence-electron chi connectivity index (χ1n) is 17.8. The highest BCUT2D eigenvalue weighted by Gasteiger charge is 2.69.